The van der Waals surface area contributed by atoms with Crippen molar-refractivity contribution >= 4 is 11.9 Å². The van der Waals surface area contributed by atoms with E-state index in [0.717, 1.165) is 0 Å². The number of hydrogen-bond acceptors (Lipinski definition) is 3. The van der Waals surface area contributed by atoms with E-state index in [-0.39, 0.29) is 23.2 Å². The van der Waals surface area contributed by atoms with E-state index < -0.39 is 5.97 Å². The Morgan fingerprint density at radius 2 is 2.22 bits per heavy atom. The van der Waals surface area contributed by atoms with Gasteiger partial charge in [0.2, 0.25) is 0 Å². The van der Waals surface area contributed by atoms with Crippen LogP contribution in [0.15, 0.2) is 24.8 Å². The smallest absolute Gasteiger partial charge is 0.337 e. The number of amides is 1. The van der Waals surface area contributed by atoms with Crippen LogP contribution in [-0.4, -0.2) is 28.0 Å². The maximum atomic E-state index is 11.8. The average molecular weight is 248 g/mol. The quantitative estimate of drug-likeness (QED) is 0.778. The molecule has 0 fully saturated rings. The second-order valence-electron chi connectivity index (χ2n) is 4.03. The zero-order valence-electron chi connectivity index (χ0n) is 10.4. The van der Waals surface area contributed by atoms with Crippen molar-refractivity contribution in [2.45, 2.75) is 26.3 Å². The van der Waals surface area contributed by atoms with Crippen molar-refractivity contribution in [2.75, 3.05) is 0 Å². The van der Waals surface area contributed by atoms with Gasteiger partial charge in [0.1, 0.15) is 5.69 Å². The number of carboxylic acids is 1. The molecule has 0 aliphatic rings. The van der Waals surface area contributed by atoms with Crippen LogP contribution < -0.4 is 5.32 Å². The van der Waals surface area contributed by atoms with Crippen molar-refractivity contribution in [1.29, 1.82) is 0 Å². The molecule has 0 aromatic carbocycles. The molecule has 5 nitrogen and oxygen atoms in total. The Morgan fingerprint density at radius 3 is 2.72 bits per heavy atom. The van der Waals surface area contributed by atoms with Crippen molar-refractivity contribution in [3.8, 4) is 0 Å². The van der Waals surface area contributed by atoms with Gasteiger partial charge in [0.25, 0.3) is 5.91 Å². The van der Waals surface area contributed by atoms with E-state index in [1.165, 1.54) is 12.1 Å². The van der Waals surface area contributed by atoms with Gasteiger partial charge in [0.15, 0.2) is 0 Å². The highest BCUT2D eigenvalue weighted by Gasteiger charge is 2.14. The second kappa shape index (κ2) is 5.95. The Bertz CT molecular complexity index is 483. The normalized spacial score (nSPS) is 11.7. The van der Waals surface area contributed by atoms with Crippen LogP contribution in [0, 0.1) is 6.92 Å². The molecule has 1 amide bonds. The Balaban J connectivity index is 2.84. The first-order chi connectivity index (χ1) is 8.45. The van der Waals surface area contributed by atoms with Gasteiger partial charge >= 0.3 is 5.97 Å². The lowest BCUT2D eigenvalue weighted by atomic mass is 10.1. The summed E-state index contributed by atoms with van der Waals surface area (Å²) in [6.45, 7) is 7.02. The van der Waals surface area contributed by atoms with Crippen LogP contribution in [0.2, 0.25) is 0 Å². The number of carboxylic acid groups (broad SMARTS) is 1. The first-order valence-electron chi connectivity index (χ1n) is 5.58. The largest absolute Gasteiger partial charge is 0.478 e. The summed E-state index contributed by atoms with van der Waals surface area (Å²) in [4.78, 5) is 26.6. The molecule has 0 aliphatic carbocycles. The third-order valence-electron chi connectivity index (χ3n) is 2.45. The molecular formula is C13H16N2O3. The average Bonchev–Trinajstić information content (AvgIpc) is 2.28. The molecule has 1 unspecified atom stereocenters. The number of aryl methyl sites for hydroxylation is 1. The predicted molar refractivity (Wildman–Crippen MR) is 67.7 cm³/mol. The van der Waals surface area contributed by atoms with Gasteiger partial charge in [-0.1, -0.05) is 6.08 Å². The van der Waals surface area contributed by atoms with Crippen LogP contribution in [0.4, 0.5) is 0 Å². The summed E-state index contributed by atoms with van der Waals surface area (Å²) >= 11 is 0. The molecule has 5 heteroatoms. The summed E-state index contributed by atoms with van der Waals surface area (Å²) in [7, 11) is 0. The van der Waals surface area contributed by atoms with Crippen molar-refractivity contribution in [2.24, 2.45) is 0 Å². The van der Waals surface area contributed by atoms with Crippen LogP contribution in [0.3, 0.4) is 0 Å². The van der Waals surface area contributed by atoms with Crippen LogP contribution in [0.25, 0.3) is 0 Å². The van der Waals surface area contributed by atoms with Crippen LogP contribution in [-0.2, 0) is 0 Å². The lowest BCUT2D eigenvalue weighted by Crippen LogP contribution is -2.32. The van der Waals surface area contributed by atoms with Gasteiger partial charge in [0.05, 0.1) is 11.3 Å². The maximum absolute atomic E-state index is 11.8. The minimum atomic E-state index is -1.05. The Morgan fingerprint density at radius 1 is 1.56 bits per heavy atom. The molecule has 0 bridgehead atoms. The summed E-state index contributed by atoms with van der Waals surface area (Å²) < 4.78 is 0. The number of pyridine rings is 1. The van der Waals surface area contributed by atoms with Gasteiger partial charge in [-0.25, -0.2) is 9.78 Å². The molecule has 1 rings (SSSR count). The van der Waals surface area contributed by atoms with Crippen molar-refractivity contribution in [3.05, 3.63) is 41.7 Å². The number of nitrogens with zero attached hydrogens (tertiary/aromatic N) is 1. The molecule has 96 valence electrons. The lowest BCUT2D eigenvalue weighted by Gasteiger charge is -2.11. The van der Waals surface area contributed by atoms with Crippen molar-refractivity contribution < 1.29 is 14.7 Å². The van der Waals surface area contributed by atoms with E-state index in [0.29, 0.717) is 12.1 Å². The molecule has 18 heavy (non-hydrogen) atoms. The van der Waals surface area contributed by atoms with Crippen molar-refractivity contribution in [1.82, 2.24) is 10.3 Å². The van der Waals surface area contributed by atoms with E-state index in [1.807, 2.05) is 6.92 Å². The van der Waals surface area contributed by atoms with Gasteiger partial charge < -0.3 is 10.4 Å². The highest BCUT2D eigenvalue weighted by molar-refractivity contribution is 5.94. The molecule has 1 atom stereocenters. The summed E-state index contributed by atoms with van der Waals surface area (Å²) in [6, 6.07) is 2.76. The van der Waals surface area contributed by atoms with E-state index >= 15 is 0 Å². The lowest BCUT2D eigenvalue weighted by molar-refractivity contribution is 0.0694. The van der Waals surface area contributed by atoms with Crippen molar-refractivity contribution in [3.63, 3.8) is 0 Å². The van der Waals surface area contributed by atoms with Crippen LogP contribution in [0.5, 0.6) is 0 Å². The number of aromatic carboxylic acids is 1. The Labute approximate surface area is 106 Å². The third-order valence-corrected chi connectivity index (χ3v) is 2.45. The molecule has 0 saturated carbocycles. The van der Waals surface area contributed by atoms with Crippen LogP contribution in [0.1, 0.15) is 39.9 Å². The molecule has 1 aromatic heterocycles. The summed E-state index contributed by atoms with van der Waals surface area (Å²) in [5.74, 6) is -1.36. The van der Waals surface area contributed by atoms with E-state index in [2.05, 4.69) is 16.9 Å². The highest BCUT2D eigenvalue weighted by Crippen LogP contribution is 2.07. The number of carbonyl (C=O) groups excluding carboxylic acids is 1. The fraction of sp³-hybridized carbons (Fsp3) is 0.308. The second-order valence-corrected chi connectivity index (χ2v) is 4.03. The summed E-state index contributed by atoms with van der Waals surface area (Å²) in [5, 5.41) is 11.6. The SMILES string of the molecule is C=CCC(C)NC(=O)c1ccc(C(=O)O)c(C)n1. The minimum Gasteiger partial charge on any atom is -0.478 e. The van der Waals surface area contributed by atoms with E-state index in [9.17, 15) is 9.59 Å². The van der Waals surface area contributed by atoms with E-state index in [4.69, 9.17) is 5.11 Å². The molecule has 0 spiro atoms. The fourth-order valence-corrected chi connectivity index (χ4v) is 1.52. The molecule has 0 saturated heterocycles. The topological polar surface area (TPSA) is 79.3 Å². The molecule has 1 aromatic rings. The number of nitrogens with one attached hydrogen (secondary N) is 1. The Kier molecular flexibility index (Phi) is 4.59. The monoisotopic (exact) mass is 248 g/mol. The summed E-state index contributed by atoms with van der Waals surface area (Å²) in [6.07, 6.45) is 2.38. The third kappa shape index (κ3) is 3.41. The van der Waals surface area contributed by atoms with Gasteiger partial charge in [-0.2, -0.15) is 0 Å². The molecular weight excluding hydrogens is 232 g/mol. The highest BCUT2D eigenvalue weighted by atomic mass is 16.4. The minimum absolute atomic E-state index is 0.0312. The molecule has 0 radical (unpaired) electrons. The van der Waals surface area contributed by atoms with Gasteiger partial charge in [-0.15, -0.1) is 6.58 Å². The van der Waals surface area contributed by atoms with Crippen LogP contribution >= 0.6 is 0 Å². The molecule has 1 heterocycles. The molecule has 0 aliphatic heterocycles. The van der Waals surface area contributed by atoms with E-state index in [1.54, 1.807) is 13.0 Å². The van der Waals surface area contributed by atoms with Gasteiger partial charge in [0, 0.05) is 6.04 Å². The standard InChI is InChI=1S/C13H16N2O3/c1-4-5-8(2)14-12(16)11-7-6-10(13(17)18)9(3)15-11/h4,6-8H,1,5H2,2-3H3,(H,14,16)(H,17,18). The number of carbonyl (C=O) groups is 2. The molecule has 2 N–H and O–H groups in total. The number of hydrogen-bond donors (Lipinski definition) is 2. The van der Waals surface area contributed by atoms with Gasteiger partial charge in [-0.05, 0) is 32.4 Å². The predicted octanol–water partition coefficient (Wildman–Crippen LogP) is 1.78. The fourth-order valence-electron chi connectivity index (χ4n) is 1.52. The number of aromatic nitrogens is 1. The summed E-state index contributed by atoms with van der Waals surface area (Å²) in [5.41, 5.74) is 0.644. The number of rotatable bonds is 5. The zero-order chi connectivity index (χ0) is 13.7. The first kappa shape index (κ1) is 13.9. The van der Waals surface area contributed by atoms with Gasteiger partial charge in [-0.3, -0.25) is 4.79 Å². The first-order valence-corrected chi connectivity index (χ1v) is 5.58. The Hall–Kier alpha value is -2.17. The zero-order valence-corrected chi connectivity index (χ0v) is 10.4. The maximum Gasteiger partial charge on any atom is 0.337 e.